The quantitative estimate of drug-likeness (QED) is 0.294. The Bertz CT molecular complexity index is 159. The van der Waals surface area contributed by atoms with Gasteiger partial charge in [-0.25, -0.2) is 0 Å². The van der Waals surface area contributed by atoms with E-state index >= 15 is 0 Å². The van der Waals surface area contributed by atoms with E-state index in [1.165, 1.54) is 57.8 Å². The number of epoxide rings is 1. The largest absolute Gasteiger partial charge is 0.373 e. The van der Waals surface area contributed by atoms with E-state index in [1.54, 1.807) is 0 Å². The summed E-state index contributed by atoms with van der Waals surface area (Å²) in [5.74, 6) is 0. The average molecular weight is 210 g/mol. The van der Waals surface area contributed by atoms with Crippen LogP contribution in [-0.4, -0.2) is 12.7 Å². The van der Waals surface area contributed by atoms with Gasteiger partial charge in [-0.3, -0.25) is 0 Å². The van der Waals surface area contributed by atoms with Gasteiger partial charge in [-0.1, -0.05) is 50.7 Å². The normalized spacial score (nSPS) is 19.9. The lowest BCUT2D eigenvalue weighted by Crippen LogP contribution is -1.85. The van der Waals surface area contributed by atoms with Gasteiger partial charge in [-0.15, -0.1) is 0 Å². The van der Waals surface area contributed by atoms with Gasteiger partial charge in [-0.2, -0.15) is 0 Å². The van der Waals surface area contributed by atoms with Crippen molar-refractivity contribution in [2.45, 2.75) is 70.8 Å². The third-order valence-corrected chi connectivity index (χ3v) is 3.03. The highest BCUT2D eigenvalue weighted by molar-refractivity contribution is 4.76. The minimum Gasteiger partial charge on any atom is -0.373 e. The maximum Gasteiger partial charge on any atom is 0.0810 e. The molecule has 0 saturated carbocycles. The molecule has 0 radical (unpaired) electrons. The minimum atomic E-state index is 0.644. The monoisotopic (exact) mass is 210 g/mol. The standard InChI is InChI=1S/C14H26O/c1-2-3-4-5-6-7-8-9-10-11-12-14-13-15-14/h2-3,14H,4-13H2,1H3. The fourth-order valence-electron chi connectivity index (χ4n) is 1.92. The molecule has 0 aromatic heterocycles. The lowest BCUT2D eigenvalue weighted by atomic mass is 10.1. The molecule has 1 saturated heterocycles. The van der Waals surface area contributed by atoms with Crippen LogP contribution in [0.3, 0.4) is 0 Å². The molecule has 1 aliphatic rings. The zero-order chi connectivity index (χ0) is 10.8. The lowest BCUT2D eigenvalue weighted by Gasteiger charge is -2.00. The van der Waals surface area contributed by atoms with Crippen LogP contribution in [0.1, 0.15) is 64.7 Å². The lowest BCUT2D eigenvalue weighted by molar-refractivity contribution is 0.387. The molecule has 1 heterocycles. The molecule has 1 rings (SSSR count). The molecule has 88 valence electrons. The van der Waals surface area contributed by atoms with E-state index in [-0.39, 0.29) is 0 Å². The van der Waals surface area contributed by atoms with Crippen LogP contribution < -0.4 is 0 Å². The summed E-state index contributed by atoms with van der Waals surface area (Å²) in [6.07, 6.45) is 17.5. The van der Waals surface area contributed by atoms with Crippen LogP contribution in [0.2, 0.25) is 0 Å². The van der Waals surface area contributed by atoms with Crippen LogP contribution in [0.25, 0.3) is 0 Å². The number of hydrogen-bond donors (Lipinski definition) is 0. The Balaban J connectivity index is 1.65. The van der Waals surface area contributed by atoms with Crippen LogP contribution in [-0.2, 0) is 4.74 Å². The molecule has 0 aromatic rings. The zero-order valence-corrected chi connectivity index (χ0v) is 10.2. The van der Waals surface area contributed by atoms with Crippen molar-refractivity contribution in [2.75, 3.05) is 6.61 Å². The smallest absolute Gasteiger partial charge is 0.0810 e. The van der Waals surface area contributed by atoms with Crippen LogP contribution in [0.4, 0.5) is 0 Å². The Kier molecular flexibility index (Phi) is 7.63. The summed E-state index contributed by atoms with van der Waals surface area (Å²) in [6, 6.07) is 0. The summed E-state index contributed by atoms with van der Waals surface area (Å²) >= 11 is 0. The summed E-state index contributed by atoms with van der Waals surface area (Å²) in [4.78, 5) is 0. The first kappa shape index (κ1) is 12.8. The Morgan fingerprint density at radius 2 is 1.60 bits per heavy atom. The molecule has 0 aliphatic carbocycles. The van der Waals surface area contributed by atoms with Crippen LogP contribution in [0, 0.1) is 0 Å². The van der Waals surface area contributed by atoms with Crippen molar-refractivity contribution in [3.05, 3.63) is 12.2 Å². The molecule has 0 bridgehead atoms. The molecule has 15 heavy (non-hydrogen) atoms. The number of ether oxygens (including phenoxy) is 1. The summed E-state index contributed by atoms with van der Waals surface area (Å²) < 4.78 is 5.18. The molecule has 0 N–H and O–H groups in total. The molecule has 1 atom stereocenters. The fourth-order valence-corrected chi connectivity index (χ4v) is 1.92. The second-order valence-electron chi connectivity index (χ2n) is 4.58. The molecule has 1 nitrogen and oxygen atoms in total. The van der Waals surface area contributed by atoms with Gasteiger partial charge in [0.1, 0.15) is 0 Å². The minimum absolute atomic E-state index is 0.644. The van der Waals surface area contributed by atoms with Crippen molar-refractivity contribution >= 4 is 0 Å². The highest BCUT2D eigenvalue weighted by Gasteiger charge is 2.20. The molecule has 1 unspecified atom stereocenters. The molecule has 1 fully saturated rings. The Morgan fingerprint density at radius 1 is 1.00 bits per heavy atom. The van der Waals surface area contributed by atoms with Crippen molar-refractivity contribution in [2.24, 2.45) is 0 Å². The van der Waals surface area contributed by atoms with Crippen molar-refractivity contribution in [3.63, 3.8) is 0 Å². The number of hydrogen-bond acceptors (Lipinski definition) is 1. The van der Waals surface area contributed by atoms with E-state index in [9.17, 15) is 0 Å². The summed E-state index contributed by atoms with van der Waals surface area (Å²) in [5.41, 5.74) is 0. The van der Waals surface area contributed by atoms with E-state index in [2.05, 4.69) is 19.1 Å². The summed E-state index contributed by atoms with van der Waals surface area (Å²) in [6.45, 7) is 3.13. The second-order valence-corrected chi connectivity index (χ2v) is 4.58. The highest BCUT2D eigenvalue weighted by atomic mass is 16.6. The zero-order valence-electron chi connectivity index (χ0n) is 10.2. The third-order valence-electron chi connectivity index (χ3n) is 3.03. The predicted octanol–water partition coefficient (Wildman–Crippen LogP) is 4.47. The number of rotatable bonds is 10. The van der Waals surface area contributed by atoms with Gasteiger partial charge >= 0.3 is 0 Å². The molecular weight excluding hydrogens is 184 g/mol. The molecule has 1 heteroatoms. The van der Waals surface area contributed by atoms with Crippen LogP contribution in [0.5, 0.6) is 0 Å². The molecule has 1 aliphatic heterocycles. The average Bonchev–Trinajstić information content (AvgIpc) is 3.05. The first-order valence-electron chi connectivity index (χ1n) is 6.66. The van der Waals surface area contributed by atoms with Gasteiger partial charge in [0.25, 0.3) is 0 Å². The predicted molar refractivity (Wildman–Crippen MR) is 66.1 cm³/mol. The van der Waals surface area contributed by atoms with Gasteiger partial charge in [0.2, 0.25) is 0 Å². The van der Waals surface area contributed by atoms with Crippen molar-refractivity contribution in [3.8, 4) is 0 Å². The van der Waals surface area contributed by atoms with Gasteiger partial charge in [0, 0.05) is 0 Å². The van der Waals surface area contributed by atoms with Gasteiger partial charge in [0.15, 0.2) is 0 Å². The van der Waals surface area contributed by atoms with E-state index in [4.69, 9.17) is 4.74 Å². The Hall–Kier alpha value is -0.300. The number of allylic oxidation sites excluding steroid dienone is 2. The van der Waals surface area contributed by atoms with Crippen LogP contribution in [0.15, 0.2) is 12.2 Å². The van der Waals surface area contributed by atoms with Crippen molar-refractivity contribution < 1.29 is 4.74 Å². The molecule has 0 spiro atoms. The highest BCUT2D eigenvalue weighted by Crippen LogP contribution is 2.18. The second kappa shape index (κ2) is 8.96. The molecule has 0 amide bonds. The topological polar surface area (TPSA) is 12.5 Å². The van der Waals surface area contributed by atoms with E-state index in [0.29, 0.717) is 6.10 Å². The van der Waals surface area contributed by atoms with Crippen molar-refractivity contribution in [1.82, 2.24) is 0 Å². The molecule has 0 aromatic carbocycles. The Morgan fingerprint density at radius 3 is 2.20 bits per heavy atom. The maximum atomic E-state index is 5.18. The fraction of sp³-hybridized carbons (Fsp3) is 0.857. The molecular formula is C14H26O. The SMILES string of the molecule is CC=CCCCCCCCCCC1CO1. The van der Waals surface area contributed by atoms with Crippen molar-refractivity contribution in [1.29, 1.82) is 0 Å². The van der Waals surface area contributed by atoms with E-state index in [1.807, 2.05) is 0 Å². The maximum absolute atomic E-state index is 5.18. The Labute approximate surface area is 94.9 Å². The first-order chi connectivity index (χ1) is 7.43. The van der Waals surface area contributed by atoms with Crippen LogP contribution >= 0.6 is 0 Å². The first-order valence-corrected chi connectivity index (χ1v) is 6.66. The van der Waals surface area contributed by atoms with Gasteiger partial charge in [-0.05, 0) is 26.2 Å². The van der Waals surface area contributed by atoms with Gasteiger partial charge < -0.3 is 4.74 Å². The number of unbranched alkanes of at least 4 members (excludes halogenated alkanes) is 7. The summed E-state index contributed by atoms with van der Waals surface area (Å²) in [5, 5.41) is 0. The summed E-state index contributed by atoms with van der Waals surface area (Å²) in [7, 11) is 0. The van der Waals surface area contributed by atoms with E-state index < -0.39 is 0 Å². The van der Waals surface area contributed by atoms with E-state index in [0.717, 1.165) is 6.61 Å². The third kappa shape index (κ3) is 8.68. The van der Waals surface area contributed by atoms with Gasteiger partial charge in [0.05, 0.1) is 12.7 Å².